The Morgan fingerprint density at radius 3 is 1.49 bits per heavy atom. The van der Waals surface area contributed by atoms with Crippen molar-refractivity contribution in [1.29, 1.82) is 0 Å². The zero-order valence-electron chi connectivity index (χ0n) is 38.5. The first-order valence-corrected chi connectivity index (χ1v) is 27.4. The maximum absolute atomic E-state index is 13.4. The zero-order valence-corrected chi connectivity index (χ0v) is 42.4. The highest BCUT2D eigenvalue weighted by Gasteiger charge is 2.34. The molecule has 376 valence electrons. The second-order valence-corrected chi connectivity index (χ2v) is 22.6. The third kappa shape index (κ3) is 10.4. The lowest BCUT2D eigenvalue weighted by Crippen LogP contribution is -2.39. The number of sulfonamides is 1. The standard InChI is InChI=1S/C25H23ClN4O4S.C18H19ClN4.C7H5ClO4S.CH4/c1-16-6-8-21-25(27-16)30(24(28-21)19-4-2-3-5-20(19)26)17-10-12-29(13-11-17)35(31,32)18-7-9-22-23(14-18)34-15-33-22;1-12-6-7-16-18(21-12)23(13-8-10-20-11-9-13)17(22-16)14-4-2-3-5-15(14)19;8-13(9,10)5-1-2-6-7(3-5)12-4-11-6;/h2-9,14,17H,10-13,15H2,1H3;2-7,13,20H,8-11H2,1H3;1-3H,4H2;1H4. The van der Waals surface area contributed by atoms with Gasteiger partial charge in [0.05, 0.1) is 19.8 Å². The van der Waals surface area contributed by atoms with Crippen molar-refractivity contribution in [3.05, 3.63) is 131 Å². The summed E-state index contributed by atoms with van der Waals surface area (Å²) in [6.07, 6.45) is 3.42. The quantitative estimate of drug-likeness (QED) is 0.149. The Kier molecular flexibility index (Phi) is 15.0. The molecule has 0 atom stereocenters. The summed E-state index contributed by atoms with van der Waals surface area (Å²) in [5.41, 5.74) is 7.20. The molecule has 4 aromatic heterocycles. The monoisotopic (exact) mass is 1070 g/mol. The van der Waals surface area contributed by atoms with Crippen molar-refractivity contribution in [2.75, 3.05) is 39.8 Å². The van der Waals surface area contributed by atoms with Crippen molar-refractivity contribution in [1.82, 2.24) is 38.7 Å². The van der Waals surface area contributed by atoms with E-state index in [4.69, 9.17) is 72.8 Å². The summed E-state index contributed by atoms with van der Waals surface area (Å²) in [5.74, 6) is 3.63. The molecule has 0 spiro atoms. The third-order valence-electron chi connectivity index (χ3n) is 12.7. The molecular formula is C51H51Cl3N8O8S2. The smallest absolute Gasteiger partial charge is 0.261 e. The molecule has 12 rings (SSSR count). The van der Waals surface area contributed by atoms with E-state index in [-0.39, 0.29) is 36.8 Å². The number of piperidine rings is 2. The molecule has 8 aromatic rings. The number of benzene rings is 4. The number of aryl methyl sites for hydroxylation is 2. The number of pyridine rings is 2. The van der Waals surface area contributed by atoms with Gasteiger partial charge >= 0.3 is 0 Å². The topological polar surface area (TPSA) is 182 Å². The molecule has 4 aliphatic rings. The van der Waals surface area contributed by atoms with Crippen molar-refractivity contribution in [3.8, 4) is 45.8 Å². The van der Waals surface area contributed by atoms with Crippen LogP contribution < -0.4 is 24.3 Å². The summed E-state index contributed by atoms with van der Waals surface area (Å²) in [6.45, 7) is 7.01. The average Bonchev–Trinajstić information content (AvgIpc) is 4.19. The second kappa shape index (κ2) is 21.2. The lowest BCUT2D eigenvalue weighted by atomic mass is 10.1. The lowest BCUT2D eigenvalue weighted by Gasteiger charge is -2.32. The third-order valence-corrected chi connectivity index (χ3v) is 16.6. The molecule has 4 aromatic carbocycles. The molecule has 0 unspecified atom stereocenters. The summed E-state index contributed by atoms with van der Waals surface area (Å²) >= 11 is 13.0. The molecule has 8 heterocycles. The Labute approximate surface area is 432 Å². The number of ether oxygens (including phenoxy) is 4. The van der Waals surface area contributed by atoms with E-state index in [9.17, 15) is 16.8 Å². The molecule has 2 fully saturated rings. The van der Waals surface area contributed by atoms with Gasteiger partial charge in [0.1, 0.15) is 22.7 Å². The predicted octanol–water partition coefficient (Wildman–Crippen LogP) is 10.8. The predicted molar refractivity (Wildman–Crippen MR) is 278 cm³/mol. The van der Waals surface area contributed by atoms with Crippen LogP contribution in [0.4, 0.5) is 0 Å². The van der Waals surface area contributed by atoms with E-state index in [0.29, 0.717) is 60.0 Å². The van der Waals surface area contributed by atoms with Crippen LogP contribution in [0.2, 0.25) is 10.0 Å². The summed E-state index contributed by atoms with van der Waals surface area (Å²) < 4.78 is 75.1. The van der Waals surface area contributed by atoms with E-state index in [1.54, 1.807) is 12.1 Å². The molecule has 2 saturated heterocycles. The van der Waals surface area contributed by atoms with Gasteiger partial charge in [-0.25, -0.2) is 36.8 Å². The maximum atomic E-state index is 13.4. The van der Waals surface area contributed by atoms with Crippen molar-refractivity contribution < 1.29 is 35.8 Å². The Balaban J connectivity index is 0.000000148. The van der Waals surface area contributed by atoms with E-state index in [1.165, 1.54) is 28.6 Å². The number of nitrogens with one attached hydrogen (secondary N) is 1. The molecule has 0 aliphatic carbocycles. The van der Waals surface area contributed by atoms with Gasteiger partial charge in [-0.3, -0.25) is 0 Å². The molecule has 21 heteroatoms. The van der Waals surface area contributed by atoms with Gasteiger partial charge in [0.25, 0.3) is 9.05 Å². The molecule has 0 saturated carbocycles. The molecule has 16 nitrogen and oxygen atoms in total. The van der Waals surface area contributed by atoms with Crippen LogP contribution in [0.25, 0.3) is 45.1 Å². The van der Waals surface area contributed by atoms with Crippen LogP contribution in [0.5, 0.6) is 23.0 Å². The lowest BCUT2D eigenvalue weighted by molar-refractivity contribution is 0.173. The van der Waals surface area contributed by atoms with Gasteiger partial charge in [0.2, 0.25) is 23.6 Å². The van der Waals surface area contributed by atoms with Gasteiger partial charge in [-0.05, 0) is 125 Å². The fourth-order valence-electron chi connectivity index (χ4n) is 9.11. The Bertz CT molecular complexity index is 3530. The molecule has 0 radical (unpaired) electrons. The highest BCUT2D eigenvalue weighted by molar-refractivity contribution is 8.13. The number of nitrogens with zero attached hydrogens (tertiary/aromatic N) is 7. The van der Waals surface area contributed by atoms with Crippen LogP contribution in [0.1, 0.15) is 56.6 Å². The average molecular weight is 1070 g/mol. The minimum absolute atomic E-state index is 0. The second-order valence-electron chi connectivity index (χ2n) is 17.2. The molecule has 72 heavy (non-hydrogen) atoms. The number of imidazole rings is 2. The summed E-state index contributed by atoms with van der Waals surface area (Å²) in [6, 6.07) is 32.9. The van der Waals surface area contributed by atoms with E-state index in [2.05, 4.69) is 20.5 Å². The normalized spacial score (nSPS) is 15.9. The Hall–Kier alpha value is -5.99. The van der Waals surface area contributed by atoms with Crippen LogP contribution in [0.15, 0.2) is 119 Å². The largest absolute Gasteiger partial charge is 0.454 e. The number of hydrogen-bond acceptors (Lipinski definition) is 13. The highest BCUT2D eigenvalue weighted by Crippen LogP contribution is 2.40. The van der Waals surface area contributed by atoms with Crippen molar-refractivity contribution >= 4 is 75.3 Å². The zero-order chi connectivity index (χ0) is 49.4. The van der Waals surface area contributed by atoms with E-state index >= 15 is 0 Å². The molecular weight excluding hydrogens is 1020 g/mol. The number of hydrogen-bond donors (Lipinski definition) is 1. The van der Waals surface area contributed by atoms with E-state index in [1.807, 2.05) is 80.6 Å². The molecule has 0 amide bonds. The fourth-order valence-corrected chi connectivity index (χ4v) is 11.8. The summed E-state index contributed by atoms with van der Waals surface area (Å²) in [4.78, 5) is 19.5. The van der Waals surface area contributed by atoms with Gasteiger partial charge < -0.3 is 33.4 Å². The first-order valence-electron chi connectivity index (χ1n) is 22.9. The number of fused-ring (bicyclic) bond motifs is 4. The Morgan fingerprint density at radius 2 is 1.00 bits per heavy atom. The minimum Gasteiger partial charge on any atom is -0.454 e. The molecule has 4 aliphatic heterocycles. The van der Waals surface area contributed by atoms with Crippen molar-refractivity contribution in [3.63, 3.8) is 0 Å². The number of halogens is 3. The minimum atomic E-state index is -3.69. The van der Waals surface area contributed by atoms with Crippen LogP contribution in [-0.4, -0.2) is 90.0 Å². The van der Waals surface area contributed by atoms with E-state index < -0.39 is 19.1 Å². The molecule has 1 N–H and O–H groups in total. The van der Waals surface area contributed by atoms with E-state index in [0.717, 1.165) is 87.4 Å². The van der Waals surface area contributed by atoms with Gasteiger partial charge in [-0.2, -0.15) is 4.31 Å². The van der Waals surface area contributed by atoms with Gasteiger partial charge in [0.15, 0.2) is 34.3 Å². The number of rotatable bonds is 7. The SMILES string of the molecule is C.Cc1ccc2nc(-c3ccccc3Cl)n(C3CCN(S(=O)(=O)c4ccc5c(c4)OCO5)CC3)c2n1.Cc1ccc2nc(-c3ccccc3Cl)n(C3CCNCC3)c2n1.O=S(=O)(Cl)c1ccc2c(c1)OCO2. The maximum Gasteiger partial charge on any atom is 0.261 e. The highest BCUT2D eigenvalue weighted by atomic mass is 35.7. The summed E-state index contributed by atoms with van der Waals surface area (Å²) in [5, 5.41) is 4.77. The Morgan fingerprint density at radius 1 is 0.556 bits per heavy atom. The summed E-state index contributed by atoms with van der Waals surface area (Å²) in [7, 11) is -2.21. The fraction of sp³-hybridized carbons (Fsp3) is 0.294. The van der Waals surface area contributed by atoms with Crippen LogP contribution in [0, 0.1) is 13.8 Å². The first kappa shape index (κ1) is 50.9. The van der Waals surface area contributed by atoms with Crippen molar-refractivity contribution in [2.45, 2.75) is 68.8 Å². The van der Waals surface area contributed by atoms with Crippen LogP contribution in [-0.2, 0) is 19.1 Å². The number of aromatic nitrogens is 6. The van der Waals surface area contributed by atoms with Gasteiger partial charge in [-0.15, -0.1) is 0 Å². The van der Waals surface area contributed by atoms with Crippen LogP contribution >= 0.6 is 33.9 Å². The first-order chi connectivity index (χ1) is 34.2. The van der Waals surface area contributed by atoms with Crippen LogP contribution in [0.3, 0.4) is 0 Å². The van der Waals surface area contributed by atoms with Gasteiger partial charge in [-0.1, -0.05) is 54.9 Å². The van der Waals surface area contributed by atoms with Gasteiger partial charge in [0, 0.05) is 70.5 Å². The van der Waals surface area contributed by atoms with Crippen molar-refractivity contribution in [2.24, 2.45) is 0 Å². The molecule has 0 bridgehead atoms.